The van der Waals surface area contributed by atoms with E-state index >= 15 is 0 Å². The van der Waals surface area contributed by atoms with Gasteiger partial charge in [-0.05, 0) is 62.3 Å². The summed E-state index contributed by atoms with van der Waals surface area (Å²) in [5.41, 5.74) is 6.58. The highest BCUT2D eigenvalue weighted by molar-refractivity contribution is 5.89. The molecule has 3 aliphatic rings. The van der Waals surface area contributed by atoms with Crippen molar-refractivity contribution >= 4 is 17.6 Å². The van der Waals surface area contributed by atoms with Crippen molar-refractivity contribution < 1.29 is 31.5 Å². The van der Waals surface area contributed by atoms with E-state index in [9.17, 15) is 31.5 Å². The van der Waals surface area contributed by atoms with E-state index < -0.39 is 48.7 Å². The van der Waals surface area contributed by atoms with Crippen LogP contribution in [0.2, 0.25) is 0 Å². The lowest BCUT2D eigenvalue weighted by molar-refractivity contribution is -0.144. The first-order chi connectivity index (χ1) is 20.3. The molecule has 0 saturated heterocycles. The van der Waals surface area contributed by atoms with Crippen LogP contribution in [0.3, 0.4) is 0 Å². The summed E-state index contributed by atoms with van der Waals surface area (Å²) in [6, 6.07) is 1.13. The van der Waals surface area contributed by atoms with Gasteiger partial charge in [-0.2, -0.15) is 18.3 Å². The number of rotatable bonds is 11. The predicted molar refractivity (Wildman–Crippen MR) is 142 cm³/mol. The molecule has 2 atom stereocenters. The van der Waals surface area contributed by atoms with E-state index in [2.05, 4.69) is 20.4 Å². The molecule has 232 valence electrons. The number of carbonyl (C=O) groups excluding carboxylic acids is 2. The highest BCUT2D eigenvalue weighted by Gasteiger charge is 2.42. The van der Waals surface area contributed by atoms with E-state index in [1.54, 1.807) is 22.9 Å². The van der Waals surface area contributed by atoms with Crippen LogP contribution >= 0.6 is 0 Å². The SMILES string of the molecule is NC(=O)c1nc([C@H](c2cn3ccc([C@H](NC(=O)CCC(F)(F)F)C4CC4)nc3n2)C2CCC(F)(F)CC2)nn1CC1CC1. The summed E-state index contributed by atoms with van der Waals surface area (Å²) in [5.74, 6) is -4.02. The summed E-state index contributed by atoms with van der Waals surface area (Å²) in [6.07, 6.45) is 0.613. The zero-order chi connectivity index (χ0) is 30.5. The maximum atomic E-state index is 14.1. The smallest absolute Gasteiger partial charge is 0.363 e. The van der Waals surface area contributed by atoms with Crippen LogP contribution < -0.4 is 11.1 Å². The summed E-state index contributed by atoms with van der Waals surface area (Å²) >= 11 is 0. The van der Waals surface area contributed by atoms with Gasteiger partial charge in [-0.15, -0.1) is 0 Å². The number of halogens is 5. The number of imidazole rings is 1. The second kappa shape index (κ2) is 11.1. The first-order valence-electron chi connectivity index (χ1n) is 14.7. The largest absolute Gasteiger partial charge is 0.389 e. The zero-order valence-corrected chi connectivity index (χ0v) is 23.4. The average Bonchev–Trinajstić information content (AvgIpc) is 3.86. The maximum absolute atomic E-state index is 14.1. The van der Waals surface area contributed by atoms with Gasteiger partial charge in [-0.1, -0.05) is 0 Å². The number of hydrogen-bond donors (Lipinski definition) is 2. The van der Waals surface area contributed by atoms with Gasteiger partial charge in [0.25, 0.3) is 5.91 Å². The van der Waals surface area contributed by atoms with Gasteiger partial charge in [0.2, 0.25) is 23.4 Å². The van der Waals surface area contributed by atoms with Gasteiger partial charge in [0.1, 0.15) is 0 Å². The van der Waals surface area contributed by atoms with Gasteiger partial charge in [0.15, 0.2) is 5.82 Å². The normalized spacial score (nSPS) is 20.7. The lowest BCUT2D eigenvalue weighted by Gasteiger charge is -2.31. The summed E-state index contributed by atoms with van der Waals surface area (Å²) in [6.45, 7) is 0.494. The molecule has 0 bridgehead atoms. The molecule has 3 aromatic heterocycles. The van der Waals surface area contributed by atoms with E-state index in [1.807, 2.05) is 0 Å². The van der Waals surface area contributed by atoms with Crippen LogP contribution in [0, 0.1) is 17.8 Å². The van der Waals surface area contributed by atoms with Crippen molar-refractivity contribution in [2.75, 3.05) is 0 Å². The number of carbonyl (C=O) groups is 2. The van der Waals surface area contributed by atoms with Crippen LogP contribution in [0.25, 0.3) is 5.78 Å². The lowest BCUT2D eigenvalue weighted by Crippen LogP contribution is -2.31. The van der Waals surface area contributed by atoms with Crippen molar-refractivity contribution in [3.05, 3.63) is 41.5 Å². The number of fused-ring (bicyclic) bond motifs is 1. The van der Waals surface area contributed by atoms with Crippen LogP contribution in [-0.2, 0) is 11.3 Å². The molecule has 3 N–H and O–H groups in total. The molecule has 0 aromatic carbocycles. The molecule has 6 rings (SSSR count). The average molecular weight is 609 g/mol. The minimum atomic E-state index is -4.43. The minimum absolute atomic E-state index is 0.0192. The topological polar surface area (TPSA) is 133 Å². The third-order valence-corrected chi connectivity index (χ3v) is 8.60. The Labute approximate surface area is 243 Å². The first kappa shape index (κ1) is 29.4. The van der Waals surface area contributed by atoms with Crippen LogP contribution in [0.5, 0.6) is 0 Å². The molecule has 0 radical (unpaired) electrons. The molecule has 3 aliphatic carbocycles. The van der Waals surface area contributed by atoms with Gasteiger partial charge in [-0.25, -0.2) is 28.4 Å². The molecule has 3 aromatic rings. The number of nitrogens with two attached hydrogens (primary N) is 1. The Balaban J connectivity index is 1.31. The fourth-order valence-corrected chi connectivity index (χ4v) is 5.92. The van der Waals surface area contributed by atoms with Crippen molar-refractivity contribution in [1.82, 2.24) is 34.4 Å². The molecule has 10 nitrogen and oxygen atoms in total. The zero-order valence-electron chi connectivity index (χ0n) is 23.4. The van der Waals surface area contributed by atoms with Crippen LogP contribution in [0.15, 0.2) is 18.5 Å². The second-order valence-electron chi connectivity index (χ2n) is 12.2. The van der Waals surface area contributed by atoms with E-state index in [0.717, 1.165) is 25.7 Å². The van der Waals surface area contributed by atoms with Crippen LogP contribution in [0.1, 0.15) is 104 Å². The summed E-state index contributed by atoms with van der Waals surface area (Å²) in [4.78, 5) is 38.4. The van der Waals surface area contributed by atoms with Gasteiger partial charge in [0, 0.05) is 38.2 Å². The molecule has 0 aliphatic heterocycles. The Bertz CT molecular complexity index is 1500. The third kappa shape index (κ3) is 6.96. The number of alkyl halides is 5. The number of aromatic nitrogens is 6. The second-order valence-corrected chi connectivity index (χ2v) is 12.2. The van der Waals surface area contributed by atoms with E-state index in [0.29, 0.717) is 29.7 Å². The van der Waals surface area contributed by atoms with E-state index in [1.165, 1.54) is 4.68 Å². The fourth-order valence-electron chi connectivity index (χ4n) is 5.92. The van der Waals surface area contributed by atoms with Crippen LogP contribution in [-0.4, -0.2) is 53.0 Å². The number of amides is 2. The van der Waals surface area contributed by atoms with E-state index in [-0.39, 0.29) is 49.1 Å². The molecule has 3 saturated carbocycles. The molecule has 2 amide bonds. The number of hydrogen-bond acceptors (Lipinski definition) is 6. The summed E-state index contributed by atoms with van der Waals surface area (Å²) < 4.78 is 69.3. The molecular weight excluding hydrogens is 575 g/mol. The Morgan fingerprint density at radius 1 is 1.02 bits per heavy atom. The molecule has 0 spiro atoms. The first-order valence-corrected chi connectivity index (χ1v) is 14.7. The molecule has 3 fully saturated rings. The Kier molecular flexibility index (Phi) is 7.61. The highest BCUT2D eigenvalue weighted by Crippen LogP contribution is 2.45. The molecule has 43 heavy (non-hydrogen) atoms. The Morgan fingerprint density at radius 3 is 2.35 bits per heavy atom. The minimum Gasteiger partial charge on any atom is -0.363 e. The van der Waals surface area contributed by atoms with Crippen molar-refractivity contribution in [2.45, 2.75) is 94.8 Å². The third-order valence-electron chi connectivity index (χ3n) is 8.60. The van der Waals surface area contributed by atoms with Crippen molar-refractivity contribution in [3.63, 3.8) is 0 Å². The maximum Gasteiger partial charge on any atom is 0.389 e. The number of primary amides is 1. The lowest BCUT2D eigenvalue weighted by atomic mass is 9.77. The van der Waals surface area contributed by atoms with Gasteiger partial charge in [0.05, 0.1) is 29.8 Å². The quantitative estimate of drug-likeness (QED) is 0.304. The van der Waals surface area contributed by atoms with Gasteiger partial charge < -0.3 is 11.1 Å². The summed E-state index contributed by atoms with van der Waals surface area (Å²) in [5, 5.41) is 7.35. The van der Waals surface area contributed by atoms with Crippen LogP contribution in [0.4, 0.5) is 22.0 Å². The molecule has 3 heterocycles. The highest BCUT2D eigenvalue weighted by atomic mass is 19.4. The Morgan fingerprint density at radius 2 is 1.72 bits per heavy atom. The summed E-state index contributed by atoms with van der Waals surface area (Å²) in [7, 11) is 0. The standard InChI is InChI=1S/C28H33F5N8O2/c29-27(30)9-5-16(6-10-27)21(24-38-25(23(34)43)41(39-24)13-15-1-2-15)19-14-40-12-8-18(35-26(40)36-19)22(17-3-4-17)37-20(42)7-11-28(31,32)33/h8,12,14-17,21-22H,1-7,9-11,13H2,(H2,34,43)(H,37,42)/t21-,22+/m0/s1. The van der Waals surface area contributed by atoms with Crippen molar-refractivity contribution in [3.8, 4) is 0 Å². The predicted octanol–water partition coefficient (Wildman–Crippen LogP) is 4.70. The fraction of sp³-hybridized carbons (Fsp3) is 0.643. The Hall–Kier alpha value is -3.65. The molecule has 0 unspecified atom stereocenters. The monoisotopic (exact) mass is 608 g/mol. The molecule has 15 heteroatoms. The van der Waals surface area contributed by atoms with Gasteiger partial charge >= 0.3 is 6.18 Å². The van der Waals surface area contributed by atoms with Crippen molar-refractivity contribution in [2.24, 2.45) is 23.5 Å². The molecular formula is C28H33F5N8O2. The van der Waals surface area contributed by atoms with Gasteiger partial charge in [-0.3, -0.25) is 14.0 Å². The number of nitrogens with one attached hydrogen (secondary N) is 1. The van der Waals surface area contributed by atoms with Crippen molar-refractivity contribution in [1.29, 1.82) is 0 Å². The van der Waals surface area contributed by atoms with E-state index in [4.69, 9.17) is 10.7 Å². The number of nitrogens with zero attached hydrogens (tertiary/aromatic N) is 6.